The van der Waals surface area contributed by atoms with E-state index in [1.54, 1.807) is 24.0 Å². The Morgan fingerprint density at radius 2 is 2.29 bits per heavy atom. The van der Waals surface area contributed by atoms with Crippen molar-refractivity contribution in [2.24, 2.45) is 7.05 Å². The SMILES string of the molecule is CCCC(=O)Nc1cc(F)c2nn(C)cc2c1. The molecule has 0 radical (unpaired) electrons. The average molecular weight is 235 g/mol. The fourth-order valence-corrected chi connectivity index (χ4v) is 1.73. The molecule has 1 amide bonds. The van der Waals surface area contributed by atoms with Gasteiger partial charge in [-0.25, -0.2) is 4.39 Å². The Labute approximate surface area is 98.4 Å². The summed E-state index contributed by atoms with van der Waals surface area (Å²) in [4.78, 5) is 11.4. The summed E-state index contributed by atoms with van der Waals surface area (Å²) in [5.41, 5.74) is 0.794. The largest absolute Gasteiger partial charge is 0.326 e. The van der Waals surface area contributed by atoms with E-state index in [4.69, 9.17) is 0 Å². The number of carbonyl (C=O) groups excluding carboxylic acids is 1. The van der Waals surface area contributed by atoms with Crippen molar-refractivity contribution in [3.8, 4) is 0 Å². The number of rotatable bonds is 3. The minimum Gasteiger partial charge on any atom is -0.326 e. The molecule has 0 saturated heterocycles. The van der Waals surface area contributed by atoms with E-state index in [-0.39, 0.29) is 5.91 Å². The summed E-state index contributed by atoms with van der Waals surface area (Å²) in [6, 6.07) is 3.02. The molecule has 1 N–H and O–H groups in total. The first-order valence-electron chi connectivity index (χ1n) is 5.53. The van der Waals surface area contributed by atoms with Gasteiger partial charge in [-0.05, 0) is 18.6 Å². The summed E-state index contributed by atoms with van der Waals surface area (Å²) >= 11 is 0. The van der Waals surface area contributed by atoms with Crippen LogP contribution in [0, 0.1) is 5.82 Å². The summed E-state index contributed by atoms with van der Waals surface area (Å²) in [5.74, 6) is -0.523. The second kappa shape index (κ2) is 4.53. The lowest BCUT2D eigenvalue weighted by molar-refractivity contribution is -0.116. The van der Waals surface area contributed by atoms with E-state index in [0.717, 1.165) is 6.42 Å². The van der Waals surface area contributed by atoms with Crippen molar-refractivity contribution < 1.29 is 9.18 Å². The van der Waals surface area contributed by atoms with Crippen LogP contribution in [0.5, 0.6) is 0 Å². The number of carbonyl (C=O) groups is 1. The molecule has 0 aliphatic rings. The Balaban J connectivity index is 2.33. The Bertz CT molecular complexity index is 562. The molecule has 2 aromatic rings. The lowest BCUT2D eigenvalue weighted by Crippen LogP contribution is -2.10. The molecule has 17 heavy (non-hydrogen) atoms. The highest BCUT2D eigenvalue weighted by atomic mass is 19.1. The maximum atomic E-state index is 13.7. The standard InChI is InChI=1S/C12H14FN3O/c1-3-4-11(17)14-9-5-8-7-16(2)15-12(8)10(13)6-9/h5-7H,3-4H2,1-2H3,(H,14,17). The normalized spacial score (nSPS) is 10.8. The molecule has 4 nitrogen and oxygen atoms in total. The van der Waals surface area contributed by atoms with Gasteiger partial charge in [0, 0.05) is 30.7 Å². The molecule has 0 spiro atoms. The van der Waals surface area contributed by atoms with Gasteiger partial charge in [0.05, 0.1) is 0 Å². The Morgan fingerprint density at radius 1 is 1.53 bits per heavy atom. The van der Waals surface area contributed by atoms with E-state index < -0.39 is 5.82 Å². The van der Waals surface area contributed by atoms with Gasteiger partial charge < -0.3 is 5.32 Å². The Hall–Kier alpha value is -1.91. The molecule has 0 saturated carbocycles. The zero-order valence-corrected chi connectivity index (χ0v) is 9.83. The molecule has 0 unspecified atom stereocenters. The molecule has 0 atom stereocenters. The van der Waals surface area contributed by atoms with Crippen LogP contribution < -0.4 is 5.32 Å². The number of hydrogen-bond acceptors (Lipinski definition) is 2. The van der Waals surface area contributed by atoms with Gasteiger partial charge in [-0.2, -0.15) is 5.10 Å². The van der Waals surface area contributed by atoms with Crippen LogP contribution in [0.4, 0.5) is 10.1 Å². The van der Waals surface area contributed by atoms with Gasteiger partial charge in [0.1, 0.15) is 5.52 Å². The smallest absolute Gasteiger partial charge is 0.224 e. The van der Waals surface area contributed by atoms with Crippen molar-refractivity contribution in [1.82, 2.24) is 9.78 Å². The van der Waals surface area contributed by atoms with Gasteiger partial charge in [0.25, 0.3) is 0 Å². The summed E-state index contributed by atoms with van der Waals surface area (Å²) < 4.78 is 15.2. The predicted octanol–water partition coefficient (Wildman–Crippen LogP) is 2.45. The van der Waals surface area contributed by atoms with Gasteiger partial charge in [-0.15, -0.1) is 0 Å². The van der Waals surface area contributed by atoms with E-state index in [9.17, 15) is 9.18 Å². The lowest BCUT2D eigenvalue weighted by Gasteiger charge is -2.04. The molecule has 90 valence electrons. The average Bonchev–Trinajstić information content (AvgIpc) is 2.59. The van der Waals surface area contributed by atoms with Crippen molar-refractivity contribution in [3.05, 3.63) is 24.1 Å². The molecular formula is C12H14FN3O. The van der Waals surface area contributed by atoms with Crippen molar-refractivity contribution in [1.29, 1.82) is 0 Å². The number of fused-ring (bicyclic) bond motifs is 1. The zero-order valence-electron chi connectivity index (χ0n) is 9.83. The summed E-state index contributed by atoms with van der Waals surface area (Å²) in [5, 5.41) is 7.35. The van der Waals surface area contributed by atoms with Crippen molar-refractivity contribution in [2.75, 3.05) is 5.32 Å². The Morgan fingerprint density at radius 3 is 3.00 bits per heavy atom. The molecular weight excluding hydrogens is 221 g/mol. The Kier molecular flexibility index (Phi) is 3.08. The first-order chi connectivity index (χ1) is 8.10. The molecule has 0 fully saturated rings. The first-order valence-corrected chi connectivity index (χ1v) is 5.53. The molecule has 2 rings (SSSR count). The number of aromatic nitrogens is 2. The highest BCUT2D eigenvalue weighted by Crippen LogP contribution is 2.21. The van der Waals surface area contributed by atoms with Crippen LogP contribution in [-0.2, 0) is 11.8 Å². The molecule has 1 aromatic heterocycles. The first kappa shape index (κ1) is 11.6. The number of amides is 1. The van der Waals surface area contributed by atoms with E-state index in [1.807, 2.05) is 6.92 Å². The van der Waals surface area contributed by atoms with Gasteiger partial charge in [0.15, 0.2) is 5.82 Å². The highest BCUT2D eigenvalue weighted by Gasteiger charge is 2.09. The molecule has 0 aliphatic carbocycles. The highest BCUT2D eigenvalue weighted by molar-refractivity contribution is 5.93. The second-order valence-corrected chi connectivity index (χ2v) is 4.00. The number of anilines is 1. The van der Waals surface area contributed by atoms with Crippen LogP contribution in [-0.4, -0.2) is 15.7 Å². The number of hydrogen-bond donors (Lipinski definition) is 1. The van der Waals surface area contributed by atoms with Crippen molar-refractivity contribution in [3.63, 3.8) is 0 Å². The van der Waals surface area contributed by atoms with E-state index in [0.29, 0.717) is 23.0 Å². The maximum absolute atomic E-state index is 13.7. The third kappa shape index (κ3) is 2.43. The second-order valence-electron chi connectivity index (χ2n) is 4.00. The van der Waals surface area contributed by atoms with Crippen LogP contribution >= 0.6 is 0 Å². The van der Waals surface area contributed by atoms with Gasteiger partial charge >= 0.3 is 0 Å². The van der Waals surface area contributed by atoms with Gasteiger partial charge in [-0.1, -0.05) is 6.92 Å². The molecule has 0 aliphatic heterocycles. The van der Waals surface area contributed by atoms with E-state index >= 15 is 0 Å². The van der Waals surface area contributed by atoms with Crippen LogP contribution in [0.3, 0.4) is 0 Å². The summed E-state index contributed by atoms with van der Waals surface area (Å²) in [6.07, 6.45) is 2.92. The van der Waals surface area contributed by atoms with Crippen LogP contribution in [0.2, 0.25) is 0 Å². The van der Waals surface area contributed by atoms with Gasteiger partial charge in [-0.3, -0.25) is 9.48 Å². The van der Waals surface area contributed by atoms with Crippen LogP contribution in [0.15, 0.2) is 18.3 Å². The number of benzene rings is 1. The molecule has 1 aromatic carbocycles. The maximum Gasteiger partial charge on any atom is 0.224 e. The predicted molar refractivity (Wildman–Crippen MR) is 64.2 cm³/mol. The van der Waals surface area contributed by atoms with Crippen molar-refractivity contribution >= 4 is 22.5 Å². The number of halogens is 1. The topological polar surface area (TPSA) is 46.9 Å². The van der Waals surface area contributed by atoms with Crippen LogP contribution in [0.1, 0.15) is 19.8 Å². The lowest BCUT2D eigenvalue weighted by atomic mass is 10.2. The quantitative estimate of drug-likeness (QED) is 0.888. The third-order valence-electron chi connectivity index (χ3n) is 2.44. The van der Waals surface area contributed by atoms with Crippen LogP contribution in [0.25, 0.3) is 10.9 Å². The number of nitrogens with one attached hydrogen (secondary N) is 1. The molecule has 1 heterocycles. The summed E-state index contributed by atoms with van der Waals surface area (Å²) in [6.45, 7) is 1.92. The fourth-order valence-electron chi connectivity index (χ4n) is 1.73. The molecule has 5 heteroatoms. The fraction of sp³-hybridized carbons (Fsp3) is 0.333. The van der Waals surface area contributed by atoms with Crippen molar-refractivity contribution in [2.45, 2.75) is 19.8 Å². The van der Waals surface area contributed by atoms with Gasteiger partial charge in [0.2, 0.25) is 5.91 Å². The zero-order chi connectivity index (χ0) is 12.4. The number of aryl methyl sites for hydroxylation is 1. The molecule has 0 bridgehead atoms. The number of nitrogens with zero attached hydrogens (tertiary/aromatic N) is 2. The van der Waals surface area contributed by atoms with E-state index in [1.165, 1.54) is 6.07 Å². The minimum absolute atomic E-state index is 0.102. The third-order valence-corrected chi connectivity index (χ3v) is 2.44. The summed E-state index contributed by atoms with van der Waals surface area (Å²) in [7, 11) is 1.73. The monoisotopic (exact) mass is 235 g/mol. The minimum atomic E-state index is -0.421. The van der Waals surface area contributed by atoms with E-state index in [2.05, 4.69) is 10.4 Å².